The molecule has 1 aliphatic rings. The molecule has 3 N–H and O–H groups in total. The molecule has 12 heavy (non-hydrogen) atoms. The van der Waals surface area contributed by atoms with E-state index in [1.165, 1.54) is 0 Å². The molecule has 0 saturated heterocycles. The Morgan fingerprint density at radius 3 is 2.67 bits per heavy atom. The van der Waals surface area contributed by atoms with Gasteiger partial charge in [-0.25, -0.2) is 0 Å². The van der Waals surface area contributed by atoms with Gasteiger partial charge in [0.15, 0.2) is 0 Å². The Labute approximate surface area is 71.6 Å². The number of hydrogen-bond donors (Lipinski definition) is 3. The molecule has 0 heterocycles. The van der Waals surface area contributed by atoms with Crippen molar-refractivity contribution in [1.29, 1.82) is 0 Å². The summed E-state index contributed by atoms with van der Waals surface area (Å²) in [5, 5.41) is 20.4. The monoisotopic (exact) mass is 173 g/mol. The van der Waals surface area contributed by atoms with Gasteiger partial charge in [0.2, 0.25) is 0 Å². The van der Waals surface area contributed by atoms with Crippen molar-refractivity contribution in [2.75, 3.05) is 13.2 Å². The van der Waals surface area contributed by atoms with Gasteiger partial charge in [-0.2, -0.15) is 0 Å². The first-order valence-corrected chi connectivity index (χ1v) is 4.31. The van der Waals surface area contributed by atoms with E-state index in [0.717, 1.165) is 12.8 Å². The Hall–Kier alpha value is -0.610. The topological polar surface area (TPSA) is 69.6 Å². The smallest absolute Gasteiger partial charge is 0.307 e. The Morgan fingerprint density at radius 2 is 2.25 bits per heavy atom. The molecule has 1 saturated carbocycles. The van der Waals surface area contributed by atoms with E-state index in [2.05, 4.69) is 5.32 Å². The molecule has 1 fully saturated rings. The van der Waals surface area contributed by atoms with Gasteiger partial charge in [-0.05, 0) is 19.3 Å². The van der Waals surface area contributed by atoms with E-state index >= 15 is 0 Å². The van der Waals surface area contributed by atoms with Crippen molar-refractivity contribution in [2.24, 2.45) is 5.92 Å². The highest BCUT2D eigenvalue weighted by Gasteiger charge is 2.24. The van der Waals surface area contributed by atoms with Crippen LogP contribution in [0.5, 0.6) is 0 Å². The summed E-state index contributed by atoms with van der Waals surface area (Å²) in [6.07, 6.45) is 2.66. The Morgan fingerprint density at radius 1 is 1.58 bits per heavy atom. The lowest BCUT2D eigenvalue weighted by Gasteiger charge is -2.10. The molecule has 0 aliphatic heterocycles. The number of carbonyl (C=O) groups is 1. The van der Waals surface area contributed by atoms with Crippen molar-refractivity contribution >= 4 is 5.97 Å². The minimum absolute atomic E-state index is 0.0523. The maximum atomic E-state index is 10.6. The Balaban J connectivity index is 2.16. The van der Waals surface area contributed by atoms with Gasteiger partial charge < -0.3 is 15.5 Å². The van der Waals surface area contributed by atoms with Crippen LogP contribution in [-0.2, 0) is 4.79 Å². The Bertz CT molecular complexity index is 156. The minimum atomic E-state index is -0.822. The molecule has 1 atom stereocenters. The van der Waals surface area contributed by atoms with Crippen LogP contribution in [0.3, 0.4) is 0 Å². The second kappa shape index (κ2) is 4.42. The first-order valence-electron chi connectivity index (χ1n) is 4.31. The van der Waals surface area contributed by atoms with Gasteiger partial charge in [-0.1, -0.05) is 0 Å². The number of aliphatic hydroxyl groups is 1. The minimum Gasteiger partial charge on any atom is -0.481 e. The van der Waals surface area contributed by atoms with Crippen LogP contribution in [0.4, 0.5) is 0 Å². The maximum Gasteiger partial charge on any atom is 0.307 e. The van der Waals surface area contributed by atoms with Crippen LogP contribution in [0.25, 0.3) is 0 Å². The first kappa shape index (κ1) is 9.48. The van der Waals surface area contributed by atoms with E-state index in [9.17, 15) is 4.79 Å². The molecule has 0 amide bonds. The predicted molar refractivity (Wildman–Crippen MR) is 43.9 cm³/mol. The molecule has 0 aromatic rings. The van der Waals surface area contributed by atoms with Crippen molar-refractivity contribution in [3.8, 4) is 0 Å². The van der Waals surface area contributed by atoms with Crippen LogP contribution in [0.2, 0.25) is 0 Å². The van der Waals surface area contributed by atoms with Gasteiger partial charge >= 0.3 is 5.97 Å². The average Bonchev–Trinajstić information content (AvgIpc) is 2.80. The fourth-order valence-corrected chi connectivity index (χ4v) is 1.07. The van der Waals surface area contributed by atoms with Crippen LogP contribution in [0.1, 0.15) is 19.3 Å². The zero-order chi connectivity index (χ0) is 8.97. The summed E-state index contributed by atoms with van der Waals surface area (Å²) in [5.41, 5.74) is 0. The van der Waals surface area contributed by atoms with Crippen molar-refractivity contribution in [1.82, 2.24) is 5.32 Å². The first-order chi connectivity index (χ1) is 5.74. The molecule has 4 heteroatoms. The summed E-state index contributed by atoms with van der Waals surface area (Å²) in [4.78, 5) is 10.6. The van der Waals surface area contributed by atoms with E-state index in [-0.39, 0.29) is 6.61 Å². The highest BCUT2D eigenvalue weighted by Crippen LogP contribution is 2.19. The van der Waals surface area contributed by atoms with E-state index in [4.69, 9.17) is 10.2 Å². The van der Waals surface area contributed by atoms with E-state index in [1.54, 1.807) is 0 Å². The molecule has 0 bridgehead atoms. The van der Waals surface area contributed by atoms with Crippen LogP contribution < -0.4 is 5.32 Å². The summed E-state index contributed by atoms with van der Waals surface area (Å²) in [7, 11) is 0. The molecular formula is C8H15NO3. The number of hydrogen-bond acceptors (Lipinski definition) is 3. The summed E-state index contributed by atoms with van der Waals surface area (Å²) in [6, 6.07) is 0.533. The quantitative estimate of drug-likeness (QED) is 0.521. The Kier molecular flexibility index (Phi) is 3.49. The van der Waals surface area contributed by atoms with Crippen LogP contribution in [-0.4, -0.2) is 35.4 Å². The number of nitrogens with one attached hydrogen (secondary N) is 1. The lowest BCUT2D eigenvalue weighted by atomic mass is 10.1. The second-order valence-corrected chi connectivity index (χ2v) is 3.23. The highest BCUT2D eigenvalue weighted by molar-refractivity contribution is 5.70. The molecule has 0 radical (unpaired) electrons. The van der Waals surface area contributed by atoms with Gasteiger partial charge in [0.1, 0.15) is 0 Å². The van der Waals surface area contributed by atoms with Crippen molar-refractivity contribution in [2.45, 2.75) is 25.3 Å². The van der Waals surface area contributed by atoms with Gasteiger partial charge in [0.25, 0.3) is 0 Å². The van der Waals surface area contributed by atoms with E-state index < -0.39 is 11.9 Å². The largest absolute Gasteiger partial charge is 0.481 e. The lowest BCUT2D eigenvalue weighted by molar-refractivity contribution is -0.142. The highest BCUT2D eigenvalue weighted by atomic mass is 16.4. The van der Waals surface area contributed by atoms with Gasteiger partial charge in [-0.3, -0.25) is 4.79 Å². The SMILES string of the molecule is O=C(O)C(CCO)CNC1CC1. The third-order valence-corrected chi connectivity index (χ3v) is 2.06. The molecule has 1 aliphatic carbocycles. The van der Waals surface area contributed by atoms with Crippen LogP contribution >= 0.6 is 0 Å². The lowest BCUT2D eigenvalue weighted by Crippen LogP contribution is -2.30. The molecule has 0 aromatic carbocycles. The molecule has 70 valence electrons. The maximum absolute atomic E-state index is 10.6. The summed E-state index contributed by atoms with van der Waals surface area (Å²) in [5.74, 6) is -1.26. The van der Waals surface area contributed by atoms with Gasteiger partial charge in [-0.15, -0.1) is 0 Å². The van der Waals surface area contributed by atoms with Crippen LogP contribution in [0, 0.1) is 5.92 Å². The number of carboxylic acid groups (broad SMARTS) is 1. The molecule has 0 aromatic heterocycles. The van der Waals surface area contributed by atoms with E-state index in [0.29, 0.717) is 19.0 Å². The number of aliphatic carboxylic acids is 1. The standard InChI is InChI=1S/C8H15NO3/c10-4-3-6(8(11)12)5-9-7-1-2-7/h6-7,9-10H,1-5H2,(H,11,12). The van der Waals surface area contributed by atoms with E-state index in [1.807, 2.05) is 0 Å². The van der Waals surface area contributed by atoms with Gasteiger partial charge in [0, 0.05) is 19.2 Å². The van der Waals surface area contributed by atoms with Crippen LogP contribution in [0.15, 0.2) is 0 Å². The molecule has 1 rings (SSSR count). The van der Waals surface area contributed by atoms with Crippen molar-refractivity contribution < 1.29 is 15.0 Å². The molecule has 0 spiro atoms. The molecule has 4 nitrogen and oxygen atoms in total. The zero-order valence-electron chi connectivity index (χ0n) is 6.99. The van der Waals surface area contributed by atoms with Crippen molar-refractivity contribution in [3.63, 3.8) is 0 Å². The zero-order valence-corrected chi connectivity index (χ0v) is 6.99. The van der Waals surface area contributed by atoms with Gasteiger partial charge in [0.05, 0.1) is 5.92 Å². The third kappa shape index (κ3) is 3.19. The normalized spacial score (nSPS) is 19.1. The molecular weight excluding hydrogens is 158 g/mol. The fourth-order valence-electron chi connectivity index (χ4n) is 1.07. The number of rotatable bonds is 6. The number of carboxylic acids is 1. The fraction of sp³-hybridized carbons (Fsp3) is 0.875. The second-order valence-electron chi connectivity index (χ2n) is 3.23. The predicted octanol–water partition coefficient (Wildman–Crippen LogP) is -0.178. The summed E-state index contributed by atoms with van der Waals surface area (Å²) < 4.78 is 0. The average molecular weight is 173 g/mol. The van der Waals surface area contributed by atoms with Crippen molar-refractivity contribution in [3.05, 3.63) is 0 Å². The summed E-state index contributed by atoms with van der Waals surface area (Å²) >= 11 is 0. The summed E-state index contributed by atoms with van der Waals surface area (Å²) in [6.45, 7) is 0.434. The third-order valence-electron chi connectivity index (χ3n) is 2.06. The number of aliphatic hydroxyl groups excluding tert-OH is 1. The molecule has 1 unspecified atom stereocenters.